The van der Waals surface area contributed by atoms with Crippen molar-refractivity contribution in [3.05, 3.63) is 66.1 Å². The van der Waals surface area contributed by atoms with Crippen LogP contribution in [0, 0.1) is 0 Å². The molecule has 4 aromatic rings. The van der Waals surface area contributed by atoms with Gasteiger partial charge in [0.1, 0.15) is 6.73 Å². The maximum absolute atomic E-state index is 13.6. The number of hydrogen-bond donors (Lipinski definition) is 1. The number of amides is 2. The van der Waals surface area contributed by atoms with Crippen LogP contribution < -0.4 is 10.2 Å². The van der Waals surface area contributed by atoms with Crippen LogP contribution in [0.4, 0.5) is 16.3 Å². The smallest absolute Gasteiger partial charge is 0.323 e. The molecule has 2 atom stereocenters. The minimum atomic E-state index is -1.13. The molecular weight excluding hydrogens is 645 g/mol. The second-order valence-corrected chi connectivity index (χ2v) is 22.1. The predicted molar refractivity (Wildman–Crippen MR) is 202 cm³/mol. The number of aromatic nitrogens is 5. The largest absolute Gasteiger partial charge is 0.373 e. The summed E-state index contributed by atoms with van der Waals surface area (Å²) in [4.78, 5) is 22.6. The van der Waals surface area contributed by atoms with Gasteiger partial charge < -0.3 is 19.3 Å². The molecule has 2 aliphatic rings. The zero-order valence-corrected chi connectivity index (χ0v) is 32.2. The third-order valence-corrected chi connectivity index (χ3v) is 11.9. The van der Waals surface area contributed by atoms with Crippen molar-refractivity contribution in [2.75, 3.05) is 30.4 Å². The molecule has 1 aliphatic heterocycles. The Kier molecular flexibility index (Phi) is 10.7. The van der Waals surface area contributed by atoms with Crippen molar-refractivity contribution in [1.29, 1.82) is 0 Å². The molecule has 1 aromatic carbocycles. The standard InChI is InChI=1S/C38H56N8O3Si/c1-27-18-30(14-15-44(27)32-19-29-23-40-45(36(29)39-24-32)26-48-16-17-50(6,7)8)43(5)37(47)41-35-22-34(38(2,3)4)46(42-35)31-20-33(21-31)49-25-28-12-10-9-11-13-28/h9-13,19,22-24,27,30-31,33H,14-18,20-21,25-26H2,1-8H3,(H,41,42,47)/t27-,30-,31?,33?/m0/s1. The molecule has 4 heterocycles. The highest BCUT2D eigenvalue weighted by molar-refractivity contribution is 6.76. The van der Waals surface area contributed by atoms with Crippen molar-refractivity contribution >= 4 is 36.6 Å². The van der Waals surface area contributed by atoms with Crippen LogP contribution in [0.5, 0.6) is 0 Å². The van der Waals surface area contributed by atoms with E-state index in [1.165, 1.54) is 5.56 Å². The Labute approximate surface area is 298 Å². The van der Waals surface area contributed by atoms with Crippen LogP contribution in [0.2, 0.25) is 25.7 Å². The average Bonchev–Trinajstić information content (AvgIpc) is 3.66. The number of piperidine rings is 1. The SMILES string of the molecule is C[C@H]1C[C@@H](N(C)C(=O)Nc2cc(C(C)(C)C)n(C3CC(OCc4ccccc4)C3)n2)CCN1c1cnc2c(cnn2COCC[Si](C)(C)C)c1. The number of carbonyl (C=O) groups excluding carboxylic acids is 1. The first kappa shape index (κ1) is 36.1. The second-order valence-electron chi connectivity index (χ2n) is 16.5. The number of rotatable bonds is 12. The summed E-state index contributed by atoms with van der Waals surface area (Å²) >= 11 is 0. The minimum absolute atomic E-state index is 0.113. The molecule has 1 saturated heterocycles. The summed E-state index contributed by atoms with van der Waals surface area (Å²) in [5.41, 5.74) is 4.12. The van der Waals surface area contributed by atoms with Crippen molar-refractivity contribution in [3.8, 4) is 0 Å². The average molecular weight is 701 g/mol. The molecule has 1 aliphatic carbocycles. The molecule has 0 radical (unpaired) electrons. The van der Waals surface area contributed by atoms with Gasteiger partial charge in [-0.2, -0.15) is 10.2 Å². The van der Waals surface area contributed by atoms with Crippen LogP contribution in [0.1, 0.15) is 70.7 Å². The number of nitrogens with one attached hydrogen (secondary N) is 1. The van der Waals surface area contributed by atoms with Gasteiger partial charge >= 0.3 is 6.03 Å². The van der Waals surface area contributed by atoms with E-state index in [2.05, 4.69) is 85.5 Å². The van der Waals surface area contributed by atoms with E-state index in [4.69, 9.17) is 19.6 Å². The fourth-order valence-electron chi connectivity index (χ4n) is 6.94. The van der Waals surface area contributed by atoms with Gasteiger partial charge in [0.15, 0.2) is 11.5 Å². The maximum atomic E-state index is 13.6. The fourth-order valence-corrected chi connectivity index (χ4v) is 7.70. The quantitative estimate of drug-likeness (QED) is 0.120. The number of nitrogens with zero attached hydrogens (tertiary/aromatic N) is 7. The van der Waals surface area contributed by atoms with E-state index in [-0.39, 0.29) is 35.7 Å². The van der Waals surface area contributed by atoms with E-state index < -0.39 is 8.07 Å². The summed E-state index contributed by atoms with van der Waals surface area (Å²) in [6.07, 6.45) is 7.59. The number of ether oxygens (including phenoxy) is 2. The molecular formula is C38H56N8O3Si. The third kappa shape index (κ3) is 8.58. The highest BCUT2D eigenvalue weighted by Crippen LogP contribution is 2.39. The lowest BCUT2D eigenvalue weighted by Crippen LogP contribution is -2.50. The van der Waals surface area contributed by atoms with E-state index in [0.29, 0.717) is 19.2 Å². The Morgan fingerprint density at radius 2 is 1.84 bits per heavy atom. The van der Waals surface area contributed by atoms with Gasteiger partial charge in [-0.1, -0.05) is 70.7 Å². The Morgan fingerprint density at radius 3 is 2.54 bits per heavy atom. The zero-order chi connectivity index (χ0) is 35.6. The Morgan fingerprint density at radius 1 is 1.08 bits per heavy atom. The van der Waals surface area contributed by atoms with E-state index in [1.807, 2.05) is 53.3 Å². The molecule has 3 aromatic heterocycles. The van der Waals surface area contributed by atoms with E-state index >= 15 is 0 Å². The molecule has 12 heteroatoms. The molecule has 270 valence electrons. The first-order chi connectivity index (χ1) is 23.7. The Hall–Kier alpha value is -3.74. The van der Waals surface area contributed by atoms with Crippen molar-refractivity contribution < 1.29 is 14.3 Å². The van der Waals surface area contributed by atoms with Gasteiger partial charge in [-0.3, -0.25) is 10.00 Å². The lowest BCUT2D eigenvalue weighted by molar-refractivity contribution is -0.0394. The van der Waals surface area contributed by atoms with Crippen LogP contribution in [0.25, 0.3) is 11.0 Å². The number of benzene rings is 1. The Balaban J connectivity index is 1.02. The molecule has 1 saturated carbocycles. The maximum Gasteiger partial charge on any atom is 0.323 e. The molecule has 50 heavy (non-hydrogen) atoms. The molecule has 0 unspecified atom stereocenters. The molecule has 2 fully saturated rings. The van der Waals surface area contributed by atoms with E-state index in [1.54, 1.807) is 0 Å². The number of carbonyl (C=O) groups is 1. The van der Waals surface area contributed by atoms with Gasteiger partial charge in [-0.15, -0.1) is 0 Å². The normalized spacial score (nSPS) is 21.3. The molecule has 2 amide bonds. The molecule has 1 N–H and O–H groups in total. The van der Waals surface area contributed by atoms with Gasteiger partial charge in [0.05, 0.1) is 36.8 Å². The van der Waals surface area contributed by atoms with Crippen molar-refractivity contribution in [3.63, 3.8) is 0 Å². The number of pyridine rings is 1. The fraction of sp³-hybridized carbons (Fsp3) is 0.579. The van der Waals surface area contributed by atoms with Crippen LogP contribution >= 0.6 is 0 Å². The molecule has 0 spiro atoms. The number of hydrogen-bond acceptors (Lipinski definition) is 7. The summed E-state index contributed by atoms with van der Waals surface area (Å²) in [7, 11) is 0.767. The van der Waals surface area contributed by atoms with Gasteiger partial charge in [0, 0.05) is 62.9 Å². The van der Waals surface area contributed by atoms with Gasteiger partial charge in [-0.25, -0.2) is 14.5 Å². The number of fused-ring (bicyclic) bond motifs is 1. The molecule has 6 rings (SSSR count). The lowest BCUT2D eigenvalue weighted by atomic mass is 9.86. The van der Waals surface area contributed by atoms with E-state index in [0.717, 1.165) is 67.3 Å². The lowest BCUT2D eigenvalue weighted by Gasteiger charge is -2.42. The highest BCUT2D eigenvalue weighted by atomic mass is 28.3. The van der Waals surface area contributed by atoms with Crippen LogP contribution in [-0.2, 0) is 28.2 Å². The summed E-state index contributed by atoms with van der Waals surface area (Å²) in [5.74, 6) is 0.604. The van der Waals surface area contributed by atoms with Crippen molar-refractivity contribution in [1.82, 2.24) is 29.4 Å². The monoisotopic (exact) mass is 700 g/mol. The molecule has 0 bridgehead atoms. The summed E-state index contributed by atoms with van der Waals surface area (Å²) in [6.45, 7) is 18.5. The predicted octanol–water partition coefficient (Wildman–Crippen LogP) is 7.68. The van der Waals surface area contributed by atoms with Crippen molar-refractivity contribution in [2.45, 2.75) is 122 Å². The topological polar surface area (TPSA) is 103 Å². The van der Waals surface area contributed by atoms with Gasteiger partial charge in [-0.05, 0) is 50.3 Å². The first-order valence-electron chi connectivity index (χ1n) is 18.2. The van der Waals surface area contributed by atoms with Gasteiger partial charge in [0.2, 0.25) is 0 Å². The number of anilines is 2. The Bertz CT molecular complexity index is 1740. The van der Waals surface area contributed by atoms with Gasteiger partial charge in [0.25, 0.3) is 0 Å². The summed E-state index contributed by atoms with van der Waals surface area (Å²) < 4.78 is 16.0. The molecule has 11 nitrogen and oxygen atoms in total. The minimum Gasteiger partial charge on any atom is -0.373 e. The first-order valence-corrected chi connectivity index (χ1v) is 21.9. The van der Waals surface area contributed by atoms with Crippen LogP contribution in [-0.4, -0.2) is 81.9 Å². The second kappa shape index (κ2) is 14.9. The number of urea groups is 1. The van der Waals surface area contributed by atoms with E-state index in [9.17, 15) is 4.79 Å². The van der Waals surface area contributed by atoms with Crippen LogP contribution in [0.15, 0.2) is 54.9 Å². The summed E-state index contributed by atoms with van der Waals surface area (Å²) in [6, 6.07) is 16.1. The zero-order valence-electron chi connectivity index (χ0n) is 31.2. The third-order valence-electron chi connectivity index (χ3n) is 10.2. The van der Waals surface area contributed by atoms with Crippen molar-refractivity contribution in [2.24, 2.45) is 0 Å². The summed E-state index contributed by atoms with van der Waals surface area (Å²) in [5, 5.41) is 13.6. The van der Waals surface area contributed by atoms with Crippen LogP contribution in [0.3, 0.4) is 0 Å². The highest BCUT2D eigenvalue weighted by Gasteiger charge is 2.36.